The van der Waals surface area contributed by atoms with Gasteiger partial charge in [-0.1, -0.05) is 11.1 Å². The summed E-state index contributed by atoms with van der Waals surface area (Å²) >= 11 is -2.58. The molecule has 0 saturated carbocycles. The fourth-order valence-corrected chi connectivity index (χ4v) is 0.597. The molecule has 10 heavy (non-hydrogen) atoms. The van der Waals surface area contributed by atoms with Gasteiger partial charge in [-0.05, 0) is 0 Å². The van der Waals surface area contributed by atoms with Gasteiger partial charge in [-0.3, -0.25) is 4.21 Å². The molecule has 0 aromatic rings. The van der Waals surface area contributed by atoms with Crippen molar-refractivity contribution in [2.75, 3.05) is 5.75 Å². The Morgan fingerprint density at radius 1 is 1.40 bits per heavy atom. The van der Waals surface area contributed by atoms with Crippen LogP contribution in [0.25, 0.3) is 0 Å². The average Bonchev–Trinajstić information content (AvgIpc) is 1.59. The third kappa shape index (κ3) is 11.7. The predicted molar refractivity (Wildman–Crippen MR) is 24.5 cm³/mol. The topological polar surface area (TPSA) is 40.1 Å². The molecule has 0 fully saturated rings. The number of rotatable bonds is 2. The van der Waals surface area contributed by atoms with Crippen molar-refractivity contribution >= 4 is 11.1 Å². The van der Waals surface area contributed by atoms with E-state index in [0.29, 0.717) is 0 Å². The van der Waals surface area contributed by atoms with Gasteiger partial charge in [-0.15, -0.1) is 0 Å². The molecule has 1 atom stereocenters. The number of hydrogen-bond donors (Lipinski definition) is 0. The maximum atomic E-state index is 11.1. The van der Waals surface area contributed by atoms with Crippen LogP contribution >= 0.6 is 0 Å². The summed E-state index contributed by atoms with van der Waals surface area (Å²) in [7, 11) is 0. The van der Waals surface area contributed by atoms with Crippen LogP contribution in [0.15, 0.2) is 0 Å². The van der Waals surface area contributed by atoms with Gasteiger partial charge in [0.05, 0.1) is 6.42 Å². The number of halogens is 3. The van der Waals surface area contributed by atoms with Gasteiger partial charge in [0.15, 0.2) is 0 Å². The molecule has 0 aromatic carbocycles. The van der Waals surface area contributed by atoms with Crippen LogP contribution in [0.4, 0.5) is 13.2 Å². The van der Waals surface area contributed by atoms with E-state index < -0.39 is 29.4 Å². The first-order valence-corrected chi connectivity index (χ1v) is 3.29. The van der Waals surface area contributed by atoms with Crippen molar-refractivity contribution in [3.05, 3.63) is 0 Å². The third-order valence-corrected chi connectivity index (χ3v) is 1.09. The van der Waals surface area contributed by atoms with Crippen molar-refractivity contribution in [3.63, 3.8) is 0 Å². The second kappa shape index (κ2) is 5.54. The molecule has 56 valence electrons. The fourth-order valence-electron chi connectivity index (χ4n) is 0.199. The molecule has 0 aromatic heterocycles. The minimum atomic E-state index is -4.36. The first-order chi connectivity index (χ1) is 3.92. The summed E-state index contributed by atoms with van der Waals surface area (Å²) in [5.74, 6) is -0.844. The number of hydrogen-bond acceptors (Lipinski definition) is 2. The first-order valence-electron chi connectivity index (χ1n) is 2.04. The summed E-state index contributed by atoms with van der Waals surface area (Å²) in [4.78, 5) is 0. The zero-order valence-electron chi connectivity index (χ0n) is 5.27. The van der Waals surface area contributed by atoms with E-state index in [9.17, 15) is 21.9 Å². The van der Waals surface area contributed by atoms with E-state index >= 15 is 0 Å². The molecule has 0 aliphatic heterocycles. The van der Waals surface area contributed by atoms with Gasteiger partial charge in [0.1, 0.15) is 0 Å². The molecule has 0 spiro atoms. The van der Waals surface area contributed by atoms with E-state index in [1.807, 2.05) is 0 Å². The maximum absolute atomic E-state index is 11.1. The van der Waals surface area contributed by atoms with Crippen molar-refractivity contribution in [3.8, 4) is 0 Å². The molecule has 7 heteroatoms. The molecule has 0 rings (SSSR count). The normalized spacial score (nSPS) is 14.0. The zero-order valence-corrected chi connectivity index (χ0v) is 8.09. The molecule has 0 amide bonds. The molecule has 0 aliphatic carbocycles. The van der Waals surface area contributed by atoms with Crippen LogP contribution in [0.3, 0.4) is 0 Å². The molecule has 0 radical (unpaired) electrons. The molecule has 1 unspecified atom stereocenters. The van der Waals surface area contributed by atoms with Crippen molar-refractivity contribution in [1.29, 1.82) is 0 Å². The van der Waals surface area contributed by atoms with E-state index in [2.05, 4.69) is 0 Å². The quantitative estimate of drug-likeness (QED) is 0.361. The van der Waals surface area contributed by atoms with Gasteiger partial charge in [-0.25, -0.2) is 0 Å². The maximum Gasteiger partial charge on any atom is 1.00 e. The van der Waals surface area contributed by atoms with Crippen molar-refractivity contribution < 1.29 is 51.5 Å². The van der Waals surface area contributed by atoms with E-state index in [4.69, 9.17) is 0 Å². The van der Waals surface area contributed by atoms with E-state index in [0.717, 1.165) is 0 Å². The smallest absolute Gasteiger partial charge is 0.772 e. The standard InChI is InChI=1S/C3H5F3O2S.Na/c4-3(5,6)1-2-9(7)8;/h1-2H2,(H,7,8);/q;+1/p-1. The van der Waals surface area contributed by atoms with Crippen LogP contribution in [-0.2, 0) is 11.1 Å². The first kappa shape index (κ1) is 13.5. The van der Waals surface area contributed by atoms with Gasteiger partial charge < -0.3 is 4.55 Å². The van der Waals surface area contributed by atoms with Crippen molar-refractivity contribution in [2.45, 2.75) is 12.6 Å². The van der Waals surface area contributed by atoms with Gasteiger partial charge >= 0.3 is 35.7 Å². The molecule has 0 N–H and O–H groups in total. The van der Waals surface area contributed by atoms with Crippen molar-refractivity contribution in [1.82, 2.24) is 0 Å². The number of alkyl halides is 3. The fraction of sp³-hybridized carbons (Fsp3) is 1.00. The van der Waals surface area contributed by atoms with Gasteiger partial charge in [0, 0.05) is 5.75 Å². The Bertz CT molecular complexity index is 115. The van der Waals surface area contributed by atoms with Crippen LogP contribution in [0.5, 0.6) is 0 Å². The minimum Gasteiger partial charge on any atom is -0.772 e. The molecule has 0 aliphatic rings. The molecular weight excluding hydrogens is 180 g/mol. The molecular formula is C3H4F3NaO2S. The Kier molecular flexibility index (Phi) is 7.47. The summed E-state index contributed by atoms with van der Waals surface area (Å²) in [6, 6.07) is 0. The summed E-state index contributed by atoms with van der Waals surface area (Å²) in [5.41, 5.74) is 0. The summed E-state index contributed by atoms with van der Waals surface area (Å²) in [6.45, 7) is 0. The zero-order chi connectivity index (χ0) is 7.49. The van der Waals surface area contributed by atoms with Crippen LogP contribution in [0, 0.1) is 0 Å². The van der Waals surface area contributed by atoms with Crippen LogP contribution in [-0.4, -0.2) is 20.7 Å². The van der Waals surface area contributed by atoms with Crippen LogP contribution in [0.1, 0.15) is 6.42 Å². The molecule has 0 heterocycles. The SMILES string of the molecule is O=S([O-])CCC(F)(F)F.[Na+]. The van der Waals surface area contributed by atoms with Gasteiger partial charge in [0.25, 0.3) is 0 Å². The van der Waals surface area contributed by atoms with E-state index in [1.165, 1.54) is 0 Å². The Labute approximate surface area is 80.8 Å². The molecule has 0 bridgehead atoms. The average molecular weight is 184 g/mol. The Morgan fingerprint density at radius 2 is 1.80 bits per heavy atom. The van der Waals surface area contributed by atoms with Gasteiger partial charge in [-0.2, -0.15) is 13.2 Å². The summed E-state index contributed by atoms with van der Waals surface area (Å²) < 4.78 is 52.5. The van der Waals surface area contributed by atoms with Crippen LogP contribution in [0.2, 0.25) is 0 Å². The van der Waals surface area contributed by atoms with Crippen LogP contribution < -0.4 is 29.6 Å². The van der Waals surface area contributed by atoms with E-state index in [-0.39, 0.29) is 29.6 Å². The Hall–Kier alpha value is 0.900. The second-order valence-electron chi connectivity index (χ2n) is 1.37. The largest absolute Gasteiger partial charge is 1.00 e. The molecule has 2 nitrogen and oxygen atoms in total. The third-order valence-electron chi connectivity index (χ3n) is 0.552. The Balaban J connectivity index is 0. The predicted octanol–water partition coefficient (Wildman–Crippen LogP) is -2.18. The van der Waals surface area contributed by atoms with Crippen molar-refractivity contribution in [2.24, 2.45) is 0 Å². The molecule has 0 saturated heterocycles. The van der Waals surface area contributed by atoms with E-state index in [1.54, 1.807) is 0 Å². The Morgan fingerprint density at radius 3 is 1.90 bits per heavy atom. The minimum absolute atomic E-state index is 0. The monoisotopic (exact) mass is 184 g/mol. The summed E-state index contributed by atoms with van der Waals surface area (Å²) in [5, 5.41) is 0. The van der Waals surface area contributed by atoms with Gasteiger partial charge in [0.2, 0.25) is 0 Å². The summed E-state index contributed by atoms with van der Waals surface area (Å²) in [6.07, 6.45) is -5.62. The second-order valence-corrected chi connectivity index (χ2v) is 2.39.